The van der Waals surface area contributed by atoms with Crippen molar-refractivity contribution in [2.24, 2.45) is 0 Å². The first kappa shape index (κ1) is 20.7. The van der Waals surface area contributed by atoms with E-state index in [1.54, 1.807) is 0 Å². The number of carbonyl (C=O) groups is 1. The van der Waals surface area contributed by atoms with E-state index in [-0.39, 0.29) is 29.9 Å². The lowest BCUT2D eigenvalue weighted by atomic mass is 9.79. The minimum Gasteiger partial charge on any atom is -0.468 e. The molecule has 1 fully saturated rings. The number of aromatic amines is 1. The Bertz CT molecular complexity index is 1180. The van der Waals surface area contributed by atoms with Crippen LogP contribution in [0.5, 0.6) is 0 Å². The molecule has 0 radical (unpaired) electrons. The zero-order chi connectivity index (χ0) is 22.2. The number of esters is 1. The number of halogens is 1. The molecule has 5 nitrogen and oxygen atoms in total. The van der Waals surface area contributed by atoms with Gasteiger partial charge in [-0.25, -0.2) is 4.39 Å². The predicted octanol–water partition coefficient (Wildman–Crippen LogP) is 3.87. The van der Waals surface area contributed by atoms with E-state index >= 15 is 0 Å². The Kier molecular flexibility index (Phi) is 5.46. The van der Waals surface area contributed by atoms with Crippen LogP contribution in [0.25, 0.3) is 10.9 Å². The smallest absolute Gasteiger partial charge is 0.323 e. The third kappa shape index (κ3) is 3.48. The summed E-state index contributed by atoms with van der Waals surface area (Å²) in [5.74, 6) is 2.15. The number of rotatable bonds is 4. The summed E-state index contributed by atoms with van der Waals surface area (Å²) in [6, 6.07) is 14.5. The summed E-state index contributed by atoms with van der Waals surface area (Å²) in [7, 11) is 1.44. The Morgan fingerprint density at radius 1 is 1.22 bits per heavy atom. The van der Waals surface area contributed by atoms with E-state index in [1.807, 2.05) is 24.3 Å². The van der Waals surface area contributed by atoms with Gasteiger partial charge in [0.15, 0.2) is 0 Å². The van der Waals surface area contributed by atoms with Crippen LogP contribution >= 0.6 is 0 Å². The van der Waals surface area contributed by atoms with Crippen molar-refractivity contribution in [3.8, 4) is 12.3 Å². The molecular weight excluding hydrogens is 405 g/mol. The molecule has 3 heterocycles. The van der Waals surface area contributed by atoms with Crippen LogP contribution in [0.4, 0.5) is 4.39 Å². The third-order valence-electron chi connectivity index (χ3n) is 6.89. The number of nitrogens with one attached hydrogen (secondary N) is 2. The fourth-order valence-corrected chi connectivity index (χ4v) is 5.53. The third-order valence-corrected chi connectivity index (χ3v) is 6.89. The van der Waals surface area contributed by atoms with Gasteiger partial charge in [-0.15, -0.1) is 6.42 Å². The summed E-state index contributed by atoms with van der Waals surface area (Å²) in [6.07, 6.45) is 7.67. The number of H-pyrrole nitrogens is 1. The summed E-state index contributed by atoms with van der Waals surface area (Å²) < 4.78 is 18.9. The number of aromatic nitrogens is 1. The zero-order valence-corrected chi connectivity index (χ0v) is 18.0. The molecule has 0 bridgehead atoms. The molecule has 164 valence electrons. The highest BCUT2D eigenvalue weighted by Gasteiger charge is 2.48. The number of piperidine rings is 1. The molecule has 2 aliphatic heterocycles. The number of terminal acetylenes is 1. The maximum absolute atomic E-state index is 13.7. The minimum atomic E-state index is -0.416. The van der Waals surface area contributed by atoms with Crippen LogP contribution in [0.1, 0.15) is 41.7 Å². The van der Waals surface area contributed by atoms with Gasteiger partial charge in [-0.1, -0.05) is 36.3 Å². The van der Waals surface area contributed by atoms with Crippen LogP contribution in [-0.2, 0) is 16.0 Å². The zero-order valence-electron chi connectivity index (χ0n) is 18.0. The number of carbonyl (C=O) groups excluding carboxylic acids is 1. The molecule has 0 amide bonds. The average molecular weight is 432 g/mol. The van der Waals surface area contributed by atoms with Gasteiger partial charge in [0.1, 0.15) is 11.9 Å². The second-order valence-corrected chi connectivity index (χ2v) is 8.59. The minimum absolute atomic E-state index is 0.0191. The van der Waals surface area contributed by atoms with Crippen molar-refractivity contribution in [1.82, 2.24) is 15.2 Å². The van der Waals surface area contributed by atoms with Crippen LogP contribution in [0.3, 0.4) is 0 Å². The highest BCUT2D eigenvalue weighted by Crippen LogP contribution is 2.48. The number of methoxy groups -OCH3 is 1. The van der Waals surface area contributed by atoms with Crippen LogP contribution in [0.15, 0.2) is 48.5 Å². The molecule has 0 spiro atoms. The SMILES string of the molecule is C#CCNC1CC(c2ccc(F)cc2)N2C(C(=O)OC)Cc3c([nH]c4ccccc34)C2C1. The Labute approximate surface area is 186 Å². The molecule has 5 rings (SSSR count). The maximum Gasteiger partial charge on any atom is 0.323 e. The Morgan fingerprint density at radius 3 is 2.72 bits per heavy atom. The molecule has 0 aliphatic carbocycles. The molecule has 1 aromatic heterocycles. The Balaban J connectivity index is 1.65. The van der Waals surface area contributed by atoms with Gasteiger partial charge in [-0.3, -0.25) is 9.69 Å². The summed E-state index contributed by atoms with van der Waals surface area (Å²) in [5.41, 5.74) is 4.37. The van der Waals surface area contributed by atoms with Gasteiger partial charge in [0.05, 0.1) is 19.7 Å². The number of hydrogen-bond donors (Lipinski definition) is 2. The van der Waals surface area contributed by atoms with E-state index in [0.29, 0.717) is 13.0 Å². The molecule has 4 atom stereocenters. The summed E-state index contributed by atoms with van der Waals surface area (Å²) in [4.78, 5) is 18.9. The van der Waals surface area contributed by atoms with E-state index < -0.39 is 6.04 Å². The van der Waals surface area contributed by atoms with E-state index in [2.05, 4.69) is 33.3 Å². The van der Waals surface area contributed by atoms with Crippen LogP contribution in [0.2, 0.25) is 0 Å². The molecule has 1 saturated heterocycles. The number of nitrogens with zero attached hydrogens (tertiary/aromatic N) is 1. The van der Waals surface area contributed by atoms with Crippen molar-refractivity contribution in [1.29, 1.82) is 0 Å². The molecule has 2 aromatic carbocycles. The van der Waals surface area contributed by atoms with Gasteiger partial charge in [-0.2, -0.15) is 0 Å². The molecular formula is C26H26FN3O2. The monoisotopic (exact) mass is 431 g/mol. The second kappa shape index (κ2) is 8.42. The van der Waals surface area contributed by atoms with E-state index in [1.165, 1.54) is 24.8 Å². The standard InChI is InChI=1S/C26H26FN3O2/c1-3-12-28-18-13-22(16-8-10-17(27)11-9-16)30-23(14-18)25-20(15-24(30)26(31)32-2)19-6-4-5-7-21(19)29-25/h1,4-11,18,22-24,28-29H,12-15H2,2H3. The predicted molar refractivity (Wildman–Crippen MR) is 121 cm³/mol. The van der Waals surface area contributed by atoms with Crippen molar-refractivity contribution < 1.29 is 13.9 Å². The molecule has 2 N–H and O–H groups in total. The molecule has 0 saturated carbocycles. The Morgan fingerprint density at radius 2 is 1.97 bits per heavy atom. The van der Waals surface area contributed by atoms with Gasteiger partial charge in [0.2, 0.25) is 0 Å². The van der Waals surface area contributed by atoms with Gasteiger partial charge in [-0.05, 0) is 42.2 Å². The molecule has 4 unspecified atom stereocenters. The second-order valence-electron chi connectivity index (χ2n) is 8.59. The van der Waals surface area contributed by atoms with Crippen molar-refractivity contribution in [3.05, 3.63) is 71.2 Å². The number of benzene rings is 2. The van der Waals surface area contributed by atoms with Gasteiger partial charge in [0.25, 0.3) is 0 Å². The number of ether oxygens (including phenoxy) is 1. The van der Waals surface area contributed by atoms with Crippen LogP contribution < -0.4 is 5.32 Å². The first-order valence-corrected chi connectivity index (χ1v) is 11.0. The van der Waals surface area contributed by atoms with E-state index in [0.717, 1.165) is 35.0 Å². The van der Waals surface area contributed by atoms with Crippen LogP contribution in [-0.4, -0.2) is 41.6 Å². The summed E-state index contributed by atoms with van der Waals surface area (Å²) in [6.45, 7) is 0.480. The lowest BCUT2D eigenvalue weighted by Crippen LogP contribution is -2.55. The van der Waals surface area contributed by atoms with Gasteiger partial charge >= 0.3 is 5.97 Å². The number of para-hydroxylation sites is 1. The first-order chi connectivity index (χ1) is 15.6. The lowest BCUT2D eigenvalue weighted by molar-refractivity contribution is -0.152. The van der Waals surface area contributed by atoms with Gasteiger partial charge < -0.3 is 15.0 Å². The average Bonchev–Trinajstić information content (AvgIpc) is 3.20. The lowest BCUT2D eigenvalue weighted by Gasteiger charge is -2.50. The fraction of sp³-hybridized carbons (Fsp3) is 0.346. The maximum atomic E-state index is 13.7. The topological polar surface area (TPSA) is 57.4 Å². The first-order valence-electron chi connectivity index (χ1n) is 11.0. The van der Waals surface area contributed by atoms with E-state index in [4.69, 9.17) is 11.2 Å². The van der Waals surface area contributed by atoms with Crippen molar-refractivity contribution >= 4 is 16.9 Å². The fourth-order valence-electron chi connectivity index (χ4n) is 5.53. The van der Waals surface area contributed by atoms with Crippen molar-refractivity contribution in [2.45, 2.75) is 43.4 Å². The number of fused-ring (bicyclic) bond motifs is 5. The summed E-state index contributed by atoms with van der Waals surface area (Å²) >= 11 is 0. The quantitative estimate of drug-likeness (QED) is 0.486. The van der Waals surface area contributed by atoms with Crippen LogP contribution in [0, 0.1) is 18.2 Å². The molecule has 2 aliphatic rings. The van der Waals surface area contributed by atoms with E-state index in [9.17, 15) is 9.18 Å². The molecule has 32 heavy (non-hydrogen) atoms. The molecule has 3 aromatic rings. The molecule has 6 heteroatoms. The van der Waals surface area contributed by atoms with Gasteiger partial charge in [0, 0.05) is 35.1 Å². The highest BCUT2D eigenvalue weighted by atomic mass is 19.1. The van der Waals surface area contributed by atoms with Crippen molar-refractivity contribution in [3.63, 3.8) is 0 Å². The number of hydrogen-bond acceptors (Lipinski definition) is 4. The van der Waals surface area contributed by atoms with Crippen molar-refractivity contribution in [2.75, 3.05) is 13.7 Å². The normalized spacial score (nSPS) is 25.0. The highest BCUT2D eigenvalue weighted by molar-refractivity contribution is 5.87. The largest absolute Gasteiger partial charge is 0.468 e. The Hall–Kier alpha value is -3.14. The summed E-state index contributed by atoms with van der Waals surface area (Å²) in [5, 5.41) is 4.62.